The van der Waals surface area contributed by atoms with Crippen molar-refractivity contribution < 1.29 is 9.90 Å². The molecule has 5 nitrogen and oxygen atoms in total. The van der Waals surface area contributed by atoms with Crippen LogP contribution in [0.4, 0.5) is 10.5 Å². The molecule has 116 valence electrons. The highest BCUT2D eigenvalue weighted by Gasteiger charge is 2.34. The molecule has 0 atom stereocenters. The number of likely N-dealkylation sites (tertiary alicyclic amines) is 1. The predicted molar refractivity (Wildman–Crippen MR) is 84.8 cm³/mol. The fraction of sp³-hybridized carbons (Fsp3) is 0.533. The third kappa shape index (κ3) is 4.59. The summed E-state index contributed by atoms with van der Waals surface area (Å²) in [5.41, 5.74) is 0.376. The summed E-state index contributed by atoms with van der Waals surface area (Å²) in [6, 6.07) is 6.74. The van der Waals surface area contributed by atoms with E-state index in [-0.39, 0.29) is 18.2 Å². The summed E-state index contributed by atoms with van der Waals surface area (Å²) >= 11 is 5.82. The number of rotatable bonds is 4. The van der Waals surface area contributed by atoms with E-state index in [0.717, 1.165) is 25.9 Å². The number of halogens is 1. The smallest absolute Gasteiger partial charge is 0.319 e. The molecule has 1 aromatic rings. The molecule has 1 saturated heterocycles. The van der Waals surface area contributed by atoms with Gasteiger partial charge in [-0.2, -0.15) is 0 Å². The van der Waals surface area contributed by atoms with Crippen molar-refractivity contribution in [3.8, 4) is 0 Å². The van der Waals surface area contributed by atoms with Crippen LogP contribution in [0.1, 0.15) is 19.3 Å². The highest BCUT2D eigenvalue weighted by molar-refractivity contribution is 6.30. The second-order valence-corrected chi connectivity index (χ2v) is 6.08. The Bertz CT molecular complexity index is 470. The van der Waals surface area contributed by atoms with Crippen LogP contribution in [0, 0.1) is 0 Å². The van der Waals surface area contributed by atoms with Crippen LogP contribution < -0.4 is 10.6 Å². The largest absolute Gasteiger partial charge is 0.396 e. The number of hydrogen-bond donors (Lipinski definition) is 3. The molecular formula is C15H22ClN3O2. The van der Waals surface area contributed by atoms with E-state index in [1.807, 2.05) is 0 Å². The van der Waals surface area contributed by atoms with Crippen LogP contribution in [0.5, 0.6) is 0 Å². The molecule has 2 rings (SSSR count). The maximum absolute atomic E-state index is 12.2. The van der Waals surface area contributed by atoms with Crippen molar-refractivity contribution in [1.82, 2.24) is 10.2 Å². The Morgan fingerprint density at radius 1 is 1.33 bits per heavy atom. The zero-order valence-corrected chi connectivity index (χ0v) is 13.0. The number of aliphatic hydroxyl groups excluding tert-OH is 1. The first-order valence-electron chi connectivity index (χ1n) is 7.17. The monoisotopic (exact) mass is 311 g/mol. The number of hydrogen-bond acceptors (Lipinski definition) is 3. The van der Waals surface area contributed by atoms with Gasteiger partial charge in [0.05, 0.1) is 0 Å². The Labute approximate surface area is 130 Å². The average Bonchev–Trinajstić information content (AvgIpc) is 2.45. The van der Waals surface area contributed by atoms with Gasteiger partial charge >= 0.3 is 6.03 Å². The predicted octanol–water partition coefficient (Wildman–Crippen LogP) is 2.31. The van der Waals surface area contributed by atoms with E-state index in [0.29, 0.717) is 17.1 Å². The first kappa shape index (κ1) is 16.1. The van der Waals surface area contributed by atoms with E-state index in [2.05, 4.69) is 22.6 Å². The summed E-state index contributed by atoms with van der Waals surface area (Å²) in [5.74, 6) is 0. The molecule has 1 aliphatic rings. The molecule has 0 radical (unpaired) electrons. The van der Waals surface area contributed by atoms with E-state index >= 15 is 0 Å². The Hall–Kier alpha value is -1.30. The van der Waals surface area contributed by atoms with Crippen LogP contribution in [-0.4, -0.2) is 48.3 Å². The Morgan fingerprint density at radius 3 is 2.52 bits per heavy atom. The van der Waals surface area contributed by atoms with Crippen molar-refractivity contribution >= 4 is 23.3 Å². The lowest BCUT2D eigenvalue weighted by Crippen LogP contribution is -2.56. The second-order valence-electron chi connectivity index (χ2n) is 5.64. The normalized spacial score (nSPS) is 18.2. The van der Waals surface area contributed by atoms with Gasteiger partial charge < -0.3 is 20.6 Å². The van der Waals surface area contributed by atoms with Gasteiger partial charge in [-0.1, -0.05) is 11.6 Å². The van der Waals surface area contributed by atoms with Gasteiger partial charge in [0, 0.05) is 35.9 Å². The van der Waals surface area contributed by atoms with Gasteiger partial charge in [-0.15, -0.1) is 0 Å². The lowest BCUT2D eigenvalue weighted by Gasteiger charge is -2.41. The highest BCUT2D eigenvalue weighted by atomic mass is 35.5. The standard InChI is InChI=1S/C15H22ClN3O2/c1-19-9-6-15(7-10-19,8-11-20)18-14(21)17-13-4-2-12(16)3-5-13/h2-5,20H,6-11H2,1H3,(H2,17,18,21). The second kappa shape index (κ2) is 7.11. The fourth-order valence-electron chi connectivity index (χ4n) is 2.63. The number of amides is 2. The number of anilines is 1. The van der Waals surface area contributed by atoms with Crippen molar-refractivity contribution in [1.29, 1.82) is 0 Å². The number of urea groups is 1. The van der Waals surface area contributed by atoms with Crippen molar-refractivity contribution in [3.63, 3.8) is 0 Å². The van der Waals surface area contributed by atoms with Crippen LogP contribution in [0.15, 0.2) is 24.3 Å². The van der Waals surface area contributed by atoms with Gasteiger partial charge in [-0.25, -0.2) is 4.79 Å². The average molecular weight is 312 g/mol. The van der Waals surface area contributed by atoms with Crippen molar-refractivity contribution in [2.75, 3.05) is 32.1 Å². The highest BCUT2D eigenvalue weighted by Crippen LogP contribution is 2.25. The molecular weight excluding hydrogens is 290 g/mol. The fourth-order valence-corrected chi connectivity index (χ4v) is 2.76. The number of piperidine rings is 1. The summed E-state index contributed by atoms with van der Waals surface area (Å²) < 4.78 is 0. The van der Waals surface area contributed by atoms with E-state index < -0.39 is 0 Å². The molecule has 0 bridgehead atoms. The first-order chi connectivity index (χ1) is 10.0. The van der Waals surface area contributed by atoms with Crippen LogP contribution in [0.25, 0.3) is 0 Å². The van der Waals surface area contributed by atoms with Crippen molar-refractivity contribution in [3.05, 3.63) is 29.3 Å². The quantitative estimate of drug-likeness (QED) is 0.799. The topological polar surface area (TPSA) is 64.6 Å². The Kier molecular flexibility index (Phi) is 5.45. The maximum atomic E-state index is 12.2. The molecule has 0 saturated carbocycles. The molecule has 2 amide bonds. The van der Waals surface area contributed by atoms with Gasteiger partial charge in [-0.05, 0) is 50.6 Å². The summed E-state index contributed by atoms with van der Waals surface area (Å²) in [5, 5.41) is 15.8. The third-order valence-corrected chi connectivity index (χ3v) is 4.27. The first-order valence-corrected chi connectivity index (χ1v) is 7.55. The minimum atomic E-state index is -0.322. The Balaban J connectivity index is 1.96. The molecule has 1 aromatic carbocycles. The summed E-state index contributed by atoms with van der Waals surface area (Å²) in [4.78, 5) is 14.4. The lowest BCUT2D eigenvalue weighted by atomic mass is 9.85. The molecule has 0 spiro atoms. The zero-order valence-electron chi connectivity index (χ0n) is 12.2. The minimum Gasteiger partial charge on any atom is -0.396 e. The summed E-state index contributed by atoms with van der Waals surface area (Å²) in [6.45, 7) is 1.91. The molecule has 6 heteroatoms. The zero-order chi connectivity index (χ0) is 15.3. The molecule has 21 heavy (non-hydrogen) atoms. The van der Waals surface area contributed by atoms with E-state index in [1.54, 1.807) is 24.3 Å². The van der Waals surface area contributed by atoms with Crippen molar-refractivity contribution in [2.45, 2.75) is 24.8 Å². The number of nitrogens with zero attached hydrogens (tertiary/aromatic N) is 1. The number of benzene rings is 1. The van der Waals surface area contributed by atoms with Crippen LogP contribution in [0.2, 0.25) is 5.02 Å². The van der Waals surface area contributed by atoms with E-state index in [4.69, 9.17) is 11.6 Å². The van der Waals surface area contributed by atoms with Crippen LogP contribution >= 0.6 is 11.6 Å². The van der Waals surface area contributed by atoms with Crippen LogP contribution in [0.3, 0.4) is 0 Å². The van der Waals surface area contributed by atoms with Gasteiger partial charge in [0.1, 0.15) is 0 Å². The van der Waals surface area contributed by atoms with Gasteiger partial charge in [0.15, 0.2) is 0 Å². The number of aliphatic hydroxyl groups is 1. The molecule has 0 aromatic heterocycles. The van der Waals surface area contributed by atoms with Gasteiger partial charge in [0.25, 0.3) is 0 Å². The number of carbonyl (C=O) groups is 1. The molecule has 1 heterocycles. The summed E-state index contributed by atoms with van der Waals surface area (Å²) in [6.07, 6.45) is 2.27. The Morgan fingerprint density at radius 2 is 1.95 bits per heavy atom. The summed E-state index contributed by atoms with van der Waals surface area (Å²) in [7, 11) is 2.07. The van der Waals surface area contributed by atoms with E-state index in [1.165, 1.54) is 0 Å². The third-order valence-electron chi connectivity index (χ3n) is 4.02. The van der Waals surface area contributed by atoms with Crippen LogP contribution in [-0.2, 0) is 0 Å². The molecule has 0 aliphatic carbocycles. The van der Waals surface area contributed by atoms with Gasteiger partial charge in [0.2, 0.25) is 0 Å². The molecule has 0 unspecified atom stereocenters. The number of carbonyl (C=O) groups excluding carboxylic acids is 1. The molecule has 3 N–H and O–H groups in total. The van der Waals surface area contributed by atoms with Gasteiger partial charge in [-0.3, -0.25) is 0 Å². The van der Waals surface area contributed by atoms with E-state index in [9.17, 15) is 9.90 Å². The van der Waals surface area contributed by atoms with Crippen molar-refractivity contribution in [2.24, 2.45) is 0 Å². The molecule has 1 aliphatic heterocycles. The SMILES string of the molecule is CN1CCC(CCO)(NC(=O)Nc2ccc(Cl)cc2)CC1. The number of nitrogens with one attached hydrogen (secondary N) is 2. The molecule has 1 fully saturated rings. The minimum absolute atomic E-state index is 0.0743. The maximum Gasteiger partial charge on any atom is 0.319 e. The lowest BCUT2D eigenvalue weighted by molar-refractivity contribution is 0.129.